The molecule has 0 saturated carbocycles. The fourth-order valence-electron chi connectivity index (χ4n) is 3.39. The van der Waals surface area contributed by atoms with Gasteiger partial charge in [0.25, 0.3) is 0 Å². The fourth-order valence-corrected chi connectivity index (χ4v) is 4.99. The zero-order valence-corrected chi connectivity index (χ0v) is 17.7. The van der Waals surface area contributed by atoms with E-state index in [0.29, 0.717) is 18.9 Å². The molecule has 1 aliphatic rings. The summed E-state index contributed by atoms with van der Waals surface area (Å²) in [6.45, 7) is 4.69. The molecule has 1 amide bonds. The summed E-state index contributed by atoms with van der Waals surface area (Å²) in [6.07, 6.45) is 3.38. The molecular formula is C21H28N2O5S. The Balaban J connectivity index is 1.79. The van der Waals surface area contributed by atoms with Crippen LogP contribution in [0, 0.1) is 0 Å². The number of nitrogens with zero attached hydrogens (tertiary/aromatic N) is 2. The Morgan fingerprint density at radius 3 is 2.52 bits per heavy atom. The molecule has 1 aromatic carbocycles. The number of hydrogen-bond acceptors (Lipinski definition) is 5. The van der Waals surface area contributed by atoms with Gasteiger partial charge in [-0.15, -0.1) is 0 Å². The van der Waals surface area contributed by atoms with Crippen LogP contribution in [0.15, 0.2) is 58.0 Å². The number of sulfonamides is 1. The van der Waals surface area contributed by atoms with Gasteiger partial charge in [0.2, 0.25) is 15.9 Å². The number of furan rings is 1. The highest BCUT2D eigenvalue weighted by Crippen LogP contribution is 2.20. The lowest BCUT2D eigenvalue weighted by Crippen LogP contribution is -2.47. The van der Waals surface area contributed by atoms with Crippen molar-refractivity contribution in [3.8, 4) is 0 Å². The number of carbonyl (C=O) groups is 1. The van der Waals surface area contributed by atoms with Gasteiger partial charge in [-0.05, 0) is 51.0 Å². The van der Waals surface area contributed by atoms with Crippen LogP contribution in [0.3, 0.4) is 0 Å². The summed E-state index contributed by atoms with van der Waals surface area (Å²) >= 11 is 0. The smallest absolute Gasteiger partial charge is 0.243 e. The van der Waals surface area contributed by atoms with Gasteiger partial charge in [0, 0.05) is 19.2 Å². The van der Waals surface area contributed by atoms with Crippen LogP contribution < -0.4 is 0 Å². The van der Waals surface area contributed by atoms with E-state index in [9.17, 15) is 13.2 Å². The second-order valence-corrected chi connectivity index (χ2v) is 9.34. The highest BCUT2D eigenvalue weighted by atomic mass is 32.2. The highest BCUT2D eigenvalue weighted by molar-refractivity contribution is 7.89. The molecule has 0 unspecified atom stereocenters. The lowest BCUT2D eigenvalue weighted by molar-refractivity contribution is -0.134. The lowest BCUT2D eigenvalue weighted by atomic mass is 10.2. The van der Waals surface area contributed by atoms with Gasteiger partial charge in [-0.1, -0.05) is 18.2 Å². The predicted octanol–water partition coefficient (Wildman–Crippen LogP) is 2.89. The van der Waals surface area contributed by atoms with Gasteiger partial charge in [0.1, 0.15) is 5.76 Å². The number of carbonyl (C=O) groups excluding carboxylic acids is 1. The van der Waals surface area contributed by atoms with Gasteiger partial charge in [0.15, 0.2) is 0 Å². The SMILES string of the molecule is CC(C)N(CC(=O)N(Cc1ccco1)C[C@@H]1CCCO1)S(=O)(=O)c1ccccc1. The van der Waals surface area contributed by atoms with Gasteiger partial charge in [-0.3, -0.25) is 4.79 Å². The third-order valence-electron chi connectivity index (χ3n) is 4.94. The zero-order chi connectivity index (χ0) is 20.9. The van der Waals surface area contributed by atoms with E-state index in [2.05, 4.69) is 0 Å². The first-order valence-corrected chi connectivity index (χ1v) is 11.3. The van der Waals surface area contributed by atoms with Crippen LogP contribution in [0.25, 0.3) is 0 Å². The molecule has 0 bridgehead atoms. The van der Waals surface area contributed by atoms with Crippen molar-refractivity contribution in [1.82, 2.24) is 9.21 Å². The van der Waals surface area contributed by atoms with Crippen molar-refractivity contribution in [1.29, 1.82) is 0 Å². The second kappa shape index (κ2) is 9.56. The number of amides is 1. The normalized spacial score (nSPS) is 17.2. The molecule has 3 rings (SSSR count). The molecule has 8 heteroatoms. The van der Waals surface area contributed by atoms with E-state index in [4.69, 9.17) is 9.15 Å². The third kappa shape index (κ3) is 5.46. The molecule has 7 nitrogen and oxygen atoms in total. The topological polar surface area (TPSA) is 80.1 Å². The summed E-state index contributed by atoms with van der Waals surface area (Å²) in [7, 11) is -3.79. The minimum atomic E-state index is -3.79. The van der Waals surface area contributed by atoms with Crippen molar-refractivity contribution in [2.75, 3.05) is 19.7 Å². The number of rotatable bonds is 9. The molecule has 1 aliphatic heterocycles. The molecule has 2 heterocycles. The van der Waals surface area contributed by atoms with E-state index in [-0.39, 0.29) is 36.0 Å². The summed E-state index contributed by atoms with van der Waals surface area (Å²) in [5.74, 6) is 0.378. The van der Waals surface area contributed by atoms with Crippen LogP contribution in [-0.4, -0.2) is 55.4 Å². The fraction of sp³-hybridized carbons (Fsp3) is 0.476. The molecular weight excluding hydrogens is 392 g/mol. The molecule has 158 valence electrons. The average molecular weight is 421 g/mol. The minimum Gasteiger partial charge on any atom is -0.467 e. The van der Waals surface area contributed by atoms with Gasteiger partial charge in [-0.25, -0.2) is 8.42 Å². The van der Waals surface area contributed by atoms with Crippen LogP contribution in [0.5, 0.6) is 0 Å². The maximum Gasteiger partial charge on any atom is 0.243 e. The van der Waals surface area contributed by atoms with Crippen molar-refractivity contribution in [3.05, 3.63) is 54.5 Å². The van der Waals surface area contributed by atoms with E-state index >= 15 is 0 Å². The molecule has 0 spiro atoms. The van der Waals surface area contributed by atoms with Crippen molar-refractivity contribution >= 4 is 15.9 Å². The molecule has 0 N–H and O–H groups in total. The Bertz CT molecular complexity index is 875. The Kier molecular flexibility index (Phi) is 7.10. The monoisotopic (exact) mass is 420 g/mol. The van der Waals surface area contributed by atoms with Crippen LogP contribution >= 0.6 is 0 Å². The van der Waals surface area contributed by atoms with Crippen molar-refractivity contribution in [3.63, 3.8) is 0 Å². The van der Waals surface area contributed by atoms with E-state index in [1.54, 1.807) is 67.5 Å². The number of ether oxygens (including phenoxy) is 1. The van der Waals surface area contributed by atoms with Gasteiger partial charge in [0.05, 0.1) is 30.4 Å². The predicted molar refractivity (Wildman–Crippen MR) is 109 cm³/mol. The van der Waals surface area contributed by atoms with E-state index in [0.717, 1.165) is 12.8 Å². The quantitative estimate of drug-likeness (QED) is 0.623. The van der Waals surface area contributed by atoms with Crippen molar-refractivity contribution < 1.29 is 22.4 Å². The Labute approximate surface area is 172 Å². The first kappa shape index (κ1) is 21.5. The number of hydrogen-bond donors (Lipinski definition) is 0. The molecule has 1 aromatic heterocycles. The summed E-state index contributed by atoms with van der Waals surface area (Å²) < 4.78 is 38.5. The summed E-state index contributed by atoms with van der Waals surface area (Å²) in [5.41, 5.74) is 0. The Morgan fingerprint density at radius 1 is 1.17 bits per heavy atom. The molecule has 1 atom stereocenters. The van der Waals surface area contributed by atoms with E-state index < -0.39 is 10.0 Å². The lowest BCUT2D eigenvalue weighted by Gasteiger charge is -2.30. The van der Waals surface area contributed by atoms with Crippen LogP contribution in [0.1, 0.15) is 32.4 Å². The van der Waals surface area contributed by atoms with E-state index in [1.807, 2.05) is 0 Å². The first-order chi connectivity index (χ1) is 13.9. The average Bonchev–Trinajstić information content (AvgIpc) is 3.40. The molecule has 0 aliphatic carbocycles. The highest BCUT2D eigenvalue weighted by Gasteiger charge is 2.32. The zero-order valence-electron chi connectivity index (χ0n) is 16.9. The van der Waals surface area contributed by atoms with Crippen molar-refractivity contribution in [2.24, 2.45) is 0 Å². The van der Waals surface area contributed by atoms with Gasteiger partial charge < -0.3 is 14.1 Å². The van der Waals surface area contributed by atoms with Crippen LogP contribution in [-0.2, 0) is 26.1 Å². The largest absolute Gasteiger partial charge is 0.467 e. The Morgan fingerprint density at radius 2 is 1.93 bits per heavy atom. The van der Waals surface area contributed by atoms with Gasteiger partial charge >= 0.3 is 0 Å². The second-order valence-electron chi connectivity index (χ2n) is 7.45. The maximum atomic E-state index is 13.2. The minimum absolute atomic E-state index is 0.0351. The standard InChI is InChI=1S/C21H28N2O5S/c1-17(2)23(29(25,26)20-10-4-3-5-11-20)16-21(24)22(14-18-8-6-12-27-18)15-19-9-7-13-28-19/h3-6,8,10-12,17,19H,7,9,13-16H2,1-2H3/t19-/m0/s1. The molecule has 29 heavy (non-hydrogen) atoms. The maximum absolute atomic E-state index is 13.2. The summed E-state index contributed by atoms with van der Waals surface area (Å²) in [4.78, 5) is 15.0. The van der Waals surface area contributed by atoms with Crippen molar-refractivity contribution in [2.45, 2.75) is 50.3 Å². The van der Waals surface area contributed by atoms with Crippen LogP contribution in [0.4, 0.5) is 0 Å². The molecule has 0 radical (unpaired) electrons. The molecule has 2 aromatic rings. The third-order valence-corrected chi connectivity index (χ3v) is 6.98. The summed E-state index contributed by atoms with van der Waals surface area (Å²) in [6, 6.07) is 11.4. The summed E-state index contributed by atoms with van der Waals surface area (Å²) in [5, 5.41) is 0. The number of benzene rings is 1. The molecule has 1 fully saturated rings. The van der Waals surface area contributed by atoms with Gasteiger partial charge in [-0.2, -0.15) is 4.31 Å². The molecule has 1 saturated heterocycles. The van der Waals surface area contributed by atoms with E-state index in [1.165, 1.54) is 4.31 Å². The first-order valence-electron chi connectivity index (χ1n) is 9.86. The van der Waals surface area contributed by atoms with Crippen LogP contribution in [0.2, 0.25) is 0 Å². The Hall–Kier alpha value is -2.16.